The first-order valence-electron chi connectivity index (χ1n) is 13.5. The van der Waals surface area contributed by atoms with Crippen LogP contribution in [0.15, 0.2) is 66.7 Å². The number of carbonyl (C=O) groups is 1. The van der Waals surface area contributed by atoms with Crippen LogP contribution >= 0.6 is 12.2 Å². The highest BCUT2D eigenvalue weighted by atomic mass is 32.1. The average Bonchev–Trinajstić information content (AvgIpc) is 3.38. The smallest absolute Gasteiger partial charge is 0.320 e. The molecule has 0 saturated heterocycles. The minimum Gasteiger partial charge on any atom is -0.493 e. The molecule has 4 aromatic rings. The van der Waals surface area contributed by atoms with Crippen LogP contribution in [0.1, 0.15) is 24.0 Å². The van der Waals surface area contributed by atoms with Crippen molar-refractivity contribution in [2.75, 3.05) is 28.4 Å². The van der Waals surface area contributed by atoms with Gasteiger partial charge in [0, 0.05) is 36.3 Å². The van der Waals surface area contributed by atoms with Gasteiger partial charge in [-0.2, -0.15) is 5.10 Å². The van der Waals surface area contributed by atoms with Crippen molar-refractivity contribution in [1.82, 2.24) is 19.7 Å². The summed E-state index contributed by atoms with van der Waals surface area (Å²) in [5, 5.41) is 17.8. The lowest BCUT2D eigenvalue weighted by Crippen LogP contribution is -2.40. The number of hydrogen-bond acceptors (Lipinski definition) is 8. The molecule has 10 nitrogen and oxygen atoms in total. The van der Waals surface area contributed by atoms with E-state index in [1.807, 2.05) is 76.2 Å². The number of benzene rings is 3. The summed E-state index contributed by atoms with van der Waals surface area (Å²) < 4.78 is 24.7. The number of H-pyrrole nitrogens is 1. The number of aromatic amines is 1. The normalized spacial score (nSPS) is 11.7. The van der Waals surface area contributed by atoms with Crippen LogP contribution in [0.25, 0.3) is 11.4 Å². The first kappa shape index (κ1) is 30.6. The van der Waals surface area contributed by atoms with Crippen molar-refractivity contribution in [2.45, 2.75) is 38.5 Å². The molecule has 0 aliphatic rings. The van der Waals surface area contributed by atoms with Gasteiger partial charge in [-0.25, -0.2) is 0 Å². The number of hydrogen-bond donors (Lipinski definition) is 2. The average molecular weight is 593 g/mol. The van der Waals surface area contributed by atoms with Gasteiger partial charge in [0.2, 0.25) is 0 Å². The highest BCUT2D eigenvalue weighted by Gasteiger charge is 2.28. The molecular weight excluding hydrogens is 556 g/mol. The maximum absolute atomic E-state index is 12.8. The van der Waals surface area contributed by atoms with E-state index >= 15 is 0 Å². The molecule has 1 atom stereocenters. The van der Waals surface area contributed by atoms with Gasteiger partial charge in [0.15, 0.2) is 33.6 Å². The van der Waals surface area contributed by atoms with Gasteiger partial charge in [0.1, 0.15) is 6.04 Å². The predicted octanol–water partition coefficient (Wildman–Crippen LogP) is 5.58. The Kier molecular flexibility index (Phi) is 10.6. The molecule has 222 valence electrons. The Morgan fingerprint density at radius 1 is 0.881 bits per heavy atom. The second kappa shape index (κ2) is 14.5. The van der Waals surface area contributed by atoms with Crippen LogP contribution in [0.4, 0.5) is 0 Å². The zero-order chi connectivity index (χ0) is 30.1. The predicted molar refractivity (Wildman–Crippen MR) is 162 cm³/mol. The molecule has 0 amide bonds. The Bertz CT molecular complexity index is 1480. The van der Waals surface area contributed by atoms with Gasteiger partial charge in [-0.1, -0.05) is 54.6 Å². The molecule has 0 aliphatic heterocycles. The van der Waals surface area contributed by atoms with Crippen LogP contribution < -0.4 is 18.9 Å². The third kappa shape index (κ3) is 6.92. The quantitative estimate of drug-likeness (QED) is 0.171. The van der Waals surface area contributed by atoms with Crippen molar-refractivity contribution in [3.8, 4) is 34.4 Å². The Morgan fingerprint density at radius 3 is 1.95 bits per heavy atom. The molecule has 1 aromatic heterocycles. The van der Waals surface area contributed by atoms with Crippen molar-refractivity contribution in [2.24, 2.45) is 0 Å². The van der Waals surface area contributed by atoms with E-state index in [4.69, 9.17) is 31.2 Å². The van der Waals surface area contributed by atoms with E-state index in [1.165, 1.54) is 0 Å². The summed E-state index contributed by atoms with van der Waals surface area (Å²) in [6.45, 7) is 1.08. The number of carboxylic acids is 1. The van der Waals surface area contributed by atoms with Crippen LogP contribution in [0.5, 0.6) is 23.0 Å². The summed E-state index contributed by atoms with van der Waals surface area (Å²) in [6.07, 6.45) is 0.903. The van der Waals surface area contributed by atoms with E-state index in [9.17, 15) is 9.90 Å². The second-order valence-corrected chi connectivity index (χ2v) is 9.96. The van der Waals surface area contributed by atoms with E-state index in [1.54, 1.807) is 28.4 Å². The molecule has 2 N–H and O–H groups in total. The fourth-order valence-electron chi connectivity index (χ4n) is 5.11. The van der Waals surface area contributed by atoms with Gasteiger partial charge in [-0.3, -0.25) is 14.8 Å². The Morgan fingerprint density at radius 2 is 1.45 bits per heavy atom. The van der Waals surface area contributed by atoms with Crippen LogP contribution in [0.2, 0.25) is 0 Å². The molecule has 4 rings (SSSR count). The molecule has 0 bridgehead atoms. The van der Waals surface area contributed by atoms with Crippen molar-refractivity contribution in [1.29, 1.82) is 0 Å². The summed E-state index contributed by atoms with van der Waals surface area (Å²) in [7, 11) is 6.30. The number of aliphatic carboxylic acids is 1. The van der Waals surface area contributed by atoms with Crippen LogP contribution in [-0.4, -0.2) is 65.2 Å². The fourth-order valence-corrected chi connectivity index (χ4v) is 5.33. The van der Waals surface area contributed by atoms with Crippen molar-refractivity contribution in [3.05, 3.63) is 82.6 Å². The van der Waals surface area contributed by atoms with Gasteiger partial charge in [0.25, 0.3) is 0 Å². The zero-order valence-corrected chi connectivity index (χ0v) is 25.0. The van der Waals surface area contributed by atoms with E-state index in [0.717, 1.165) is 16.7 Å². The lowest BCUT2D eigenvalue weighted by atomic mass is 10.0. The first-order valence-corrected chi connectivity index (χ1v) is 13.9. The van der Waals surface area contributed by atoms with Crippen molar-refractivity contribution < 1.29 is 28.8 Å². The maximum Gasteiger partial charge on any atom is 0.320 e. The van der Waals surface area contributed by atoms with Gasteiger partial charge < -0.3 is 28.6 Å². The first-order chi connectivity index (χ1) is 20.4. The molecule has 3 aromatic carbocycles. The van der Waals surface area contributed by atoms with Crippen LogP contribution in [0, 0.1) is 4.77 Å². The third-order valence-corrected chi connectivity index (χ3v) is 7.40. The molecular formula is C31H36N4O6S. The third-order valence-electron chi connectivity index (χ3n) is 7.09. The monoisotopic (exact) mass is 592 g/mol. The number of aromatic nitrogens is 3. The van der Waals surface area contributed by atoms with E-state index in [0.29, 0.717) is 53.0 Å². The summed E-state index contributed by atoms with van der Waals surface area (Å²) in [4.78, 5) is 14.7. The molecule has 0 saturated carbocycles. The summed E-state index contributed by atoms with van der Waals surface area (Å²) in [6, 6.07) is 20.1. The topological polar surface area (TPSA) is 111 Å². The minimum absolute atomic E-state index is 0.290. The van der Waals surface area contributed by atoms with Gasteiger partial charge >= 0.3 is 5.97 Å². The van der Waals surface area contributed by atoms with E-state index in [-0.39, 0.29) is 13.1 Å². The van der Waals surface area contributed by atoms with Crippen LogP contribution in [0.3, 0.4) is 0 Å². The summed E-state index contributed by atoms with van der Waals surface area (Å²) >= 11 is 5.50. The Balaban J connectivity index is 1.65. The van der Waals surface area contributed by atoms with Gasteiger partial charge in [-0.15, -0.1) is 0 Å². The second-order valence-electron chi connectivity index (χ2n) is 9.58. The molecule has 0 radical (unpaired) electrons. The highest BCUT2D eigenvalue weighted by Crippen LogP contribution is 2.35. The molecule has 0 fully saturated rings. The molecule has 1 heterocycles. The lowest BCUT2D eigenvalue weighted by Gasteiger charge is -2.30. The molecule has 0 spiro atoms. The van der Waals surface area contributed by atoms with Crippen molar-refractivity contribution >= 4 is 18.2 Å². The Hall–Kier alpha value is -4.35. The molecule has 42 heavy (non-hydrogen) atoms. The number of nitrogens with zero attached hydrogens (tertiary/aromatic N) is 3. The number of para-hydroxylation sites is 2. The maximum atomic E-state index is 12.8. The minimum atomic E-state index is -0.933. The fraction of sp³-hybridized carbons (Fsp3) is 0.323. The van der Waals surface area contributed by atoms with Crippen molar-refractivity contribution in [3.63, 3.8) is 0 Å². The standard InChI is InChI=1S/C31H36N4O6S/c1-38-25-16-8-13-22(27(25)40-3)19-34(20-23-14-9-17-26(39-2)28(23)41-4)24(30(36)37)15-10-18-35-29(32-33-31(35)42)21-11-6-5-7-12-21/h5-9,11-14,16-17,24H,10,15,18-20H2,1-4H3,(H,33,42)(H,36,37)/t24-/m0/s1. The number of methoxy groups -OCH3 is 4. The number of ether oxygens (including phenoxy) is 4. The zero-order valence-electron chi connectivity index (χ0n) is 24.2. The largest absolute Gasteiger partial charge is 0.493 e. The van der Waals surface area contributed by atoms with Gasteiger partial charge in [-0.05, 0) is 37.2 Å². The summed E-state index contributed by atoms with van der Waals surface area (Å²) in [5.41, 5.74) is 2.53. The number of carboxylic acid groups (broad SMARTS) is 1. The highest BCUT2D eigenvalue weighted by molar-refractivity contribution is 7.71. The van der Waals surface area contributed by atoms with Crippen LogP contribution in [-0.2, 0) is 24.4 Å². The lowest BCUT2D eigenvalue weighted by molar-refractivity contribution is -0.144. The van der Waals surface area contributed by atoms with E-state index < -0.39 is 12.0 Å². The molecule has 0 aliphatic carbocycles. The number of rotatable bonds is 15. The summed E-state index contributed by atoms with van der Waals surface area (Å²) in [5.74, 6) is 2.05. The SMILES string of the molecule is COc1cccc(CN(Cc2cccc(OC)c2OC)[C@@H](CCCn2c(-c3ccccc3)n[nH]c2=S)C(=O)O)c1OC. The Labute approximate surface area is 250 Å². The molecule has 0 unspecified atom stereocenters. The number of nitrogens with one attached hydrogen (secondary N) is 1. The molecule has 11 heteroatoms. The van der Waals surface area contributed by atoms with Gasteiger partial charge in [0.05, 0.1) is 28.4 Å². The van der Waals surface area contributed by atoms with E-state index in [2.05, 4.69) is 10.2 Å².